The molecule has 1 aliphatic heterocycles. The Bertz CT molecular complexity index is 811. The van der Waals surface area contributed by atoms with Gasteiger partial charge in [0.2, 0.25) is 5.91 Å². The molecule has 28 heavy (non-hydrogen) atoms. The average molecular weight is 384 g/mol. The molecule has 3 rings (SSSR count). The van der Waals surface area contributed by atoms with Gasteiger partial charge in [0.15, 0.2) is 0 Å². The van der Waals surface area contributed by atoms with Crippen LogP contribution in [0.25, 0.3) is 0 Å². The molecule has 0 spiro atoms. The lowest BCUT2D eigenvalue weighted by molar-refractivity contribution is -0.120. The molecule has 1 amide bonds. The maximum Gasteiger partial charge on any atom is 0.241 e. The molecule has 2 aromatic rings. The van der Waals surface area contributed by atoms with Gasteiger partial charge in [0.1, 0.15) is 5.82 Å². The van der Waals surface area contributed by atoms with Crippen LogP contribution in [-0.4, -0.2) is 43.0 Å². The molecule has 1 unspecified atom stereocenters. The zero-order chi connectivity index (χ0) is 20.3. The smallest absolute Gasteiger partial charge is 0.241 e. The van der Waals surface area contributed by atoms with Crippen LogP contribution in [0.2, 0.25) is 0 Å². The molecule has 1 N–H and O–H groups in total. The highest BCUT2D eigenvalue weighted by molar-refractivity contribution is 5.96. The molecule has 1 aliphatic rings. The zero-order valence-corrected chi connectivity index (χ0v) is 17.3. The van der Waals surface area contributed by atoms with E-state index < -0.39 is 0 Å². The van der Waals surface area contributed by atoms with E-state index >= 15 is 0 Å². The summed E-state index contributed by atoms with van der Waals surface area (Å²) in [5.74, 6) is -0.183. The van der Waals surface area contributed by atoms with Crippen LogP contribution in [-0.2, 0) is 4.79 Å². The predicted octanol–water partition coefficient (Wildman–Crippen LogP) is 4.29. The van der Waals surface area contributed by atoms with Crippen LogP contribution < -0.4 is 10.2 Å². The van der Waals surface area contributed by atoms with Gasteiger partial charge in [-0.05, 0) is 69.5 Å². The van der Waals surface area contributed by atoms with Crippen molar-refractivity contribution in [3.05, 3.63) is 58.9 Å². The summed E-state index contributed by atoms with van der Waals surface area (Å²) in [7, 11) is 0. The van der Waals surface area contributed by atoms with Gasteiger partial charge in [0.05, 0.1) is 6.04 Å². The van der Waals surface area contributed by atoms with Gasteiger partial charge in [0, 0.05) is 37.6 Å². The van der Waals surface area contributed by atoms with Gasteiger partial charge in [-0.1, -0.05) is 17.7 Å². The molecule has 0 saturated carbocycles. The van der Waals surface area contributed by atoms with E-state index in [9.17, 15) is 9.18 Å². The van der Waals surface area contributed by atoms with Gasteiger partial charge in [-0.2, -0.15) is 0 Å². The fraction of sp³-hybridized carbons (Fsp3) is 0.435. The van der Waals surface area contributed by atoms with Crippen molar-refractivity contribution in [2.75, 3.05) is 36.4 Å². The maximum atomic E-state index is 13.2. The molecule has 0 aromatic heterocycles. The summed E-state index contributed by atoms with van der Waals surface area (Å²) >= 11 is 0. The Kier molecular flexibility index (Phi) is 6.35. The van der Waals surface area contributed by atoms with Gasteiger partial charge in [-0.3, -0.25) is 9.69 Å². The van der Waals surface area contributed by atoms with Crippen molar-refractivity contribution >= 4 is 17.3 Å². The van der Waals surface area contributed by atoms with Gasteiger partial charge >= 0.3 is 0 Å². The first kappa shape index (κ1) is 20.3. The lowest BCUT2D eigenvalue weighted by Crippen LogP contribution is -2.44. The number of aryl methyl sites for hydroxylation is 3. The molecule has 4 nitrogen and oxygen atoms in total. The Hall–Kier alpha value is -2.40. The molecular formula is C23H30FN3O. The van der Waals surface area contributed by atoms with E-state index in [1.54, 1.807) is 0 Å². The van der Waals surface area contributed by atoms with Crippen LogP contribution in [0.15, 0.2) is 36.4 Å². The molecule has 1 atom stereocenters. The number of benzene rings is 2. The lowest BCUT2D eigenvalue weighted by Gasteiger charge is -2.28. The average Bonchev–Trinajstić information content (AvgIpc) is 2.90. The summed E-state index contributed by atoms with van der Waals surface area (Å²) < 4.78 is 13.2. The molecule has 0 bridgehead atoms. The number of carbonyl (C=O) groups excluding carboxylic acids is 1. The summed E-state index contributed by atoms with van der Waals surface area (Å²) in [6, 6.07) is 10.6. The number of nitrogens with zero attached hydrogens (tertiary/aromatic N) is 2. The van der Waals surface area contributed by atoms with Crippen molar-refractivity contribution in [1.82, 2.24) is 4.90 Å². The third-order valence-electron chi connectivity index (χ3n) is 5.57. The number of nitrogens with one attached hydrogen (secondary N) is 1. The highest BCUT2D eigenvalue weighted by atomic mass is 19.1. The zero-order valence-electron chi connectivity index (χ0n) is 17.3. The number of carbonyl (C=O) groups is 1. The van der Waals surface area contributed by atoms with Crippen molar-refractivity contribution in [2.24, 2.45) is 0 Å². The molecular weight excluding hydrogens is 353 g/mol. The molecule has 0 radical (unpaired) electrons. The van der Waals surface area contributed by atoms with E-state index in [0.29, 0.717) is 0 Å². The van der Waals surface area contributed by atoms with E-state index in [2.05, 4.69) is 34.2 Å². The summed E-state index contributed by atoms with van der Waals surface area (Å²) in [6.07, 6.45) is 0.970. The van der Waals surface area contributed by atoms with Gasteiger partial charge in [0.25, 0.3) is 0 Å². The third-order valence-corrected chi connectivity index (χ3v) is 5.57. The molecule has 1 fully saturated rings. The van der Waals surface area contributed by atoms with Crippen molar-refractivity contribution in [2.45, 2.75) is 40.2 Å². The maximum absolute atomic E-state index is 13.2. The Labute approximate surface area is 167 Å². The molecule has 2 aromatic carbocycles. The minimum atomic E-state index is -0.216. The summed E-state index contributed by atoms with van der Waals surface area (Å²) in [4.78, 5) is 17.4. The van der Waals surface area contributed by atoms with Crippen molar-refractivity contribution in [3.63, 3.8) is 0 Å². The van der Waals surface area contributed by atoms with Crippen LogP contribution >= 0.6 is 0 Å². The highest BCUT2D eigenvalue weighted by Gasteiger charge is 2.25. The summed E-state index contributed by atoms with van der Waals surface area (Å²) in [6.45, 7) is 11.5. The van der Waals surface area contributed by atoms with Gasteiger partial charge < -0.3 is 10.2 Å². The Balaban J connectivity index is 1.63. The van der Waals surface area contributed by atoms with Gasteiger partial charge in [-0.25, -0.2) is 4.39 Å². The number of halogens is 1. The monoisotopic (exact) mass is 383 g/mol. The van der Waals surface area contributed by atoms with Crippen LogP contribution in [0.5, 0.6) is 0 Å². The second-order valence-electron chi connectivity index (χ2n) is 7.79. The fourth-order valence-electron chi connectivity index (χ4n) is 4.01. The van der Waals surface area contributed by atoms with Crippen molar-refractivity contribution < 1.29 is 9.18 Å². The fourth-order valence-corrected chi connectivity index (χ4v) is 4.01. The molecule has 150 valence electrons. The number of anilines is 2. The van der Waals surface area contributed by atoms with E-state index in [4.69, 9.17) is 0 Å². The SMILES string of the molecule is Cc1cc(C)c(NC(=O)C(C)N2CCCN(c3ccc(F)cc3)CC2)c(C)c1. The molecule has 1 saturated heterocycles. The highest BCUT2D eigenvalue weighted by Crippen LogP contribution is 2.23. The predicted molar refractivity (Wildman–Crippen MR) is 114 cm³/mol. The topological polar surface area (TPSA) is 35.6 Å². The molecule has 5 heteroatoms. The van der Waals surface area contributed by atoms with Crippen molar-refractivity contribution in [3.8, 4) is 0 Å². The van der Waals surface area contributed by atoms with E-state index in [-0.39, 0.29) is 17.8 Å². The first-order valence-corrected chi connectivity index (χ1v) is 9.98. The minimum Gasteiger partial charge on any atom is -0.370 e. The Morgan fingerprint density at radius 2 is 1.64 bits per heavy atom. The third kappa shape index (κ3) is 4.71. The standard InChI is InChI=1S/C23H30FN3O/c1-16-14-17(2)22(18(3)15-16)25-23(28)19(4)26-10-5-11-27(13-12-26)21-8-6-20(24)7-9-21/h6-9,14-15,19H,5,10-13H2,1-4H3,(H,25,28). The second kappa shape index (κ2) is 8.74. The van der Waals surface area contributed by atoms with E-state index in [1.807, 2.05) is 32.9 Å². The lowest BCUT2D eigenvalue weighted by atomic mass is 10.0. The first-order chi connectivity index (χ1) is 13.3. The summed E-state index contributed by atoms with van der Waals surface area (Å²) in [5, 5.41) is 3.14. The van der Waals surface area contributed by atoms with E-state index in [1.165, 1.54) is 17.7 Å². The minimum absolute atomic E-state index is 0.0327. The quantitative estimate of drug-likeness (QED) is 0.855. The first-order valence-electron chi connectivity index (χ1n) is 9.98. The molecule has 0 aliphatic carbocycles. The normalized spacial score (nSPS) is 16.5. The number of hydrogen-bond acceptors (Lipinski definition) is 3. The molecule has 1 heterocycles. The van der Waals surface area contributed by atoms with Crippen LogP contribution in [0.3, 0.4) is 0 Å². The summed E-state index contributed by atoms with van der Waals surface area (Å²) in [5.41, 5.74) is 5.35. The van der Waals surface area contributed by atoms with E-state index in [0.717, 1.165) is 55.1 Å². The van der Waals surface area contributed by atoms with Crippen LogP contribution in [0, 0.1) is 26.6 Å². The Morgan fingerprint density at radius 1 is 1.00 bits per heavy atom. The number of rotatable bonds is 4. The van der Waals surface area contributed by atoms with Crippen LogP contribution in [0.1, 0.15) is 30.0 Å². The number of hydrogen-bond donors (Lipinski definition) is 1. The van der Waals surface area contributed by atoms with Gasteiger partial charge in [-0.15, -0.1) is 0 Å². The Morgan fingerprint density at radius 3 is 2.29 bits per heavy atom. The largest absolute Gasteiger partial charge is 0.370 e. The second-order valence-corrected chi connectivity index (χ2v) is 7.79. The number of amides is 1. The van der Waals surface area contributed by atoms with Crippen LogP contribution in [0.4, 0.5) is 15.8 Å². The van der Waals surface area contributed by atoms with Crippen molar-refractivity contribution in [1.29, 1.82) is 0 Å².